The van der Waals surface area contributed by atoms with Gasteiger partial charge in [-0.3, -0.25) is 0 Å². The molecule has 0 unspecified atom stereocenters. The van der Waals surface area contributed by atoms with E-state index in [1.165, 1.54) is 9.25 Å². The molecule has 7 heteroatoms. The Kier molecular flexibility index (Phi) is 8.61. The topological polar surface area (TPSA) is 48.8 Å². The van der Waals surface area contributed by atoms with E-state index in [-0.39, 0.29) is 60.2 Å². The second kappa shape index (κ2) is 17.7. The van der Waals surface area contributed by atoms with Crippen molar-refractivity contribution in [2.24, 2.45) is 0 Å². The summed E-state index contributed by atoms with van der Waals surface area (Å²) in [5.41, 5.74) is 5.70. The summed E-state index contributed by atoms with van der Waals surface area (Å²) in [5, 5.41) is 6.99. The van der Waals surface area contributed by atoms with Crippen molar-refractivity contribution in [3.05, 3.63) is 230 Å². The van der Waals surface area contributed by atoms with Crippen LogP contribution in [0, 0.1) is 18.5 Å². The molecule has 0 fully saturated rings. The predicted molar refractivity (Wildman–Crippen MR) is 261 cm³/mol. The van der Waals surface area contributed by atoms with Crippen molar-refractivity contribution in [2.45, 2.75) is 26.2 Å². The molecule has 0 radical (unpaired) electrons. The van der Waals surface area contributed by atoms with Gasteiger partial charge in [-0.1, -0.05) is 178 Å². The molecule has 0 saturated carbocycles. The van der Waals surface area contributed by atoms with Gasteiger partial charge in [-0.25, -0.2) is 4.98 Å². The minimum atomic E-state index is -0.591. The Labute approximate surface area is 413 Å². The van der Waals surface area contributed by atoms with Gasteiger partial charge in [0.25, 0.3) is 0 Å². The number of ether oxygens (including phenoxy) is 1. The molecule has 0 aliphatic rings. The fourth-order valence-electron chi connectivity index (χ4n) is 8.08. The Morgan fingerprint density at radius 1 is 0.591 bits per heavy atom. The summed E-state index contributed by atoms with van der Waals surface area (Å²) in [4.78, 5) is 4.87. The molecule has 0 amide bonds. The van der Waals surface area contributed by atoms with Crippen LogP contribution in [0.5, 0.6) is 11.5 Å². The number of aromatic nitrogens is 5. The number of benzene rings is 8. The van der Waals surface area contributed by atoms with Crippen LogP contribution in [0.2, 0.25) is 0 Å². The van der Waals surface area contributed by atoms with Gasteiger partial charge in [0.15, 0.2) is 0 Å². The van der Waals surface area contributed by atoms with E-state index < -0.39 is 60.4 Å². The average Bonchev–Trinajstić information content (AvgIpc) is 4.07. The number of fused-ring (bicyclic) bond motifs is 3. The van der Waals surface area contributed by atoms with Gasteiger partial charge in [0.2, 0.25) is 12.2 Å². The third-order valence-corrected chi connectivity index (χ3v) is 11.2. The van der Waals surface area contributed by atoms with Crippen molar-refractivity contribution in [3.8, 4) is 73.5 Å². The van der Waals surface area contributed by atoms with Gasteiger partial charge in [0.05, 0.1) is 13.7 Å². The van der Waals surface area contributed by atoms with Crippen LogP contribution in [-0.4, -0.2) is 19.3 Å². The van der Waals surface area contributed by atoms with Crippen LogP contribution in [0.3, 0.4) is 0 Å². The molecule has 0 N–H and O–H groups in total. The van der Waals surface area contributed by atoms with Gasteiger partial charge in [0.1, 0.15) is 5.82 Å². The zero-order valence-corrected chi connectivity index (χ0v) is 38.1. The minimum absolute atomic E-state index is 0. The van der Waals surface area contributed by atoms with Gasteiger partial charge >= 0.3 is 0 Å². The maximum absolute atomic E-state index is 9.06. The number of hydrogen-bond acceptors (Lipinski definition) is 3. The van der Waals surface area contributed by atoms with E-state index in [9.17, 15) is 0 Å². The minimum Gasteiger partial charge on any atom is -0.510 e. The van der Waals surface area contributed by atoms with Crippen LogP contribution in [0.1, 0.15) is 40.0 Å². The van der Waals surface area contributed by atoms with Crippen molar-refractivity contribution in [3.63, 3.8) is 0 Å². The standard InChI is InChI=1S/C59H43N5O.Pt/c1-59(2,3)46-34-35-60-56(37-46)64-54-33-30-45(41-18-8-4-9-19-41)36-53(54)52-32-31-49(39-55(52)64)65-48-27-16-26-47(38-48)63-40-62(58(61-63)44-24-14-7-15-25-44)57-50(42-20-10-5-11-21-42)28-17-29-51(57)43-22-12-6-13-23-43;/h4-37H,1-3H3;/q-2;/i5D,6D,10D,11D,12D,13D,20D,21D,22D,23D;. The third kappa shape index (κ3) is 8.06. The average molecular weight is 1040 g/mol. The SMILES string of the molecule is [2H]c1c([2H])c([2H])c(-c2cccc(-c3c([2H])c([2H])c([2H])c([2H])c3[2H])c2-[n+]2[c-]n(-c3[c-]c(Oc4[c-]c5c(cc4)c4cc(-c6ccccc6)ccc4n5-c4cc(C(C)(C)C)ccn4)ccc3)nc2-c2ccccc2)c([2H])c1[2H].[Pt]. The molecule has 66 heavy (non-hydrogen) atoms. The quantitative estimate of drug-likeness (QED) is 0.107. The first kappa shape index (κ1) is 32.1. The molecule has 11 aromatic rings. The molecule has 3 heterocycles. The van der Waals surface area contributed by atoms with Gasteiger partial charge in [-0.05, 0) is 78.7 Å². The van der Waals surface area contributed by atoms with Crippen molar-refractivity contribution >= 4 is 21.8 Å². The molecule has 0 saturated heterocycles. The zero-order chi connectivity index (χ0) is 52.6. The van der Waals surface area contributed by atoms with E-state index in [4.69, 9.17) is 28.5 Å². The molecule has 0 bridgehead atoms. The van der Waals surface area contributed by atoms with E-state index in [0.29, 0.717) is 22.7 Å². The number of pyridine rings is 1. The van der Waals surface area contributed by atoms with E-state index in [1.807, 2.05) is 60.8 Å². The fourth-order valence-corrected chi connectivity index (χ4v) is 8.08. The molecule has 8 aromatic carbocycles. The third-order valence-electron chi connectivity index (χ3n) is 11.2. The van der Waals surface area contributed by atoms with Crippen LogP contribution in [0.15, 0.2) is 206 Å². The first-order valence-electron chi connectivity index (χ1n) is 26.0. The molecular formula is C59H43N5OPt-2. The van der Waals surface area contributed by atoms with Gasteiger partial charge < -0.3 is 13.9 Å². The second-order valence-electron chi connectivity index (χ2n) is 16.4. The molecule has 0 spiro atoms. The molecule has 322 valence electrons. The van der Waals surface area contributed by atoms with E-state index in [2.05, 4.69) is 80.2 Å². The van der Waals surface area contributed by atoms with Crippen molar-refractivity contribution in [1.29, 1.82) is 0 Å². The smallest absolute Gasteiger partial charge is 0.231 e. The normalized spacial score (nSPS) is 13.6. The van der Waals surface area contributed by atoms with E-state index >= 15 is 0 Å². The van der Waals surface area contributed by atoms with Crippen LogP contribution in [0.4, 0.5) is 0 Å². The Hall–Kier alpha value is -7.66. The summed E-state index contributed by atoms with van der Waals surface area (Å²) < 4.78 is 99.0. The Morgan fingerprint density at radius 3 is 1.92 bits per heavy atom. The van der Waals surface area contributed by atoms with Crippen molar-refractivity contribution < 1.29 is 44.1 Å². The predicted octanol–water partition coefficient (Wildman–Crippen LogP) is 13.8. The molecule has 3 aromatic heterocycles. The van der Waals surface area contributed by atoms with E-state index in [1.54, 1.807) is 48.5 Å². The summed E-state index contributed by atoms with van der Waals surface area (Å²) in [5.74, 6) is 1.68. The molecule has 0 atom stereocenters. The maximum Gasteiger partial charge on any atom is 0.231 e. The van der Waals surface area contributed by atoms with Gasteiger partial charge in [-0.2, -0.15) is 22.9 Å². The van der Waals surface area contributed by atoms with Crippen LogP contribution in [-0.2, 0) is 26.5 Å². The Morgan fingerprint density at radius 2 is 1.24 bits per heavy atom. The molecule has 0 aliphatic carbocycles. The molecular weight excluding hydrogens is 990 g/mol. The zero-order valence-electron chi connectivity index (χ0n) is 45.8. The number of hydrogen-bond donors (Lipinski definition) is 0. The first-order chi connectivity index (χ1) is 36.0. The van der Waals surface area contributed by atoms with Crippen LogP contribution in [0.25, 0.3) is 83.8 Å². The number of nitrogens with zero attached hydrogens (tertiary/aromatic N) is 5. The van der Waals surface area contributed by atoms with Crippen LogP contribution < -0.4 is 9.30 Å². The fraction of sp³-hybridized carbons (Fsp3) is 0.0678. The summed E-state index contributed by atoms with van der Waals surface area (Å²) >= 11 is 0. The summed E-state index contributed by atoms with van der Waals surface area (Å²) in [7, 11) is 0. The summed E-state index contributed by atoms with van der Waals surface area (Å²) in [6.07, 6.45) is 5.12. The summed E-state index contributed by atoms with van der Waals surface area (Å²) in [6.45, 7) is 6.50. The monoisotopic (exact) mass is 1040 g/mol. The Balaban J connectivity index is 0.00000657. The second-order valence-corrected chi connectivity index (χ2v) is 16.4. The molecule has 0 aliphatic heterocycles. The largest absolute Gasteiger partial charge is 0.510 e. The maximum atomic E-state index is 9.06. The number of rotatable bonds is 9. The molecule has 11 rings (SSSR count). The number of para-hydroxylation sites is 1. The van der Waals surface area contributed by atoms with Crippen molar-refractivity contribution in [1.82, 2.24) is 19.3 Å². The Bertz CT molecular complexity index is 3960. The van der Waals surface area contributed by atoms with Gasteiger partial charge in [-0.15, -0.1) is 29.7 Å². The van der Waals surface area contributed by atoms with Crippen molar-refractivity contribution in [2.75, 3.05) is 0 Å². The first-order valence-corrected chi connectivity index (χ1v) is 21.0. The van der Waals surface area contributed by atoms with Gasteiger partial charge in [0, 0.05) is 55.5 Å². The summed E-state index contributed by atoms with van der Waals surface area (Å²) in [6, 6.07) is 45.0. The van der Waals surface area contributed by atoms with Crippen LogP contribution >= 0.6 is 0 Å². The van der Waals surface area contributed by atoms with E-state index in [0.717, 1.165) is 44.3 Å². The molecule has 6 nitrogen and oxygen atoms in total.